The lowest BCUT2D eigenvalue weighted by Gasteiger charge is -2.35. The van der Waals surface area contributed by atoms with Gasteiger partial charge in [-0.15, -0.1) is 0 Å². The van der Waals surface area contributed by atoms with Gasteiger partial charge in [0.25, 0.3) is 0 Å². The van der Waals surface area contributed by atoms with Crippen LogP contribution in [0.5, 0.6) is 5.75 Å². The summed E-state index contributed by atoms with van der Waals surface area (Å²) in [7, 11) is 0. The van der Waals surface area contributed by atoms with E-state index in [9.17, 15) is 9.50 Å². The number of phenolic OH excluding ortho intramolecular Hbond substituents is 1. The summed E-state index contributed by atoms with van der Waals surface area (Å²) in [5, 5.41) is 9.78. The quantitative estimate of drug-likeness (QED) is 0.828. The molecule has 94 valence electrons. The Morgan fingerprint density at radius 2 is 2.29 bits per heavy atom. The number of piperidine rings is 1. The number of hydrogen-bond acceptors (Lipinski definition) is 3. The second-order valence-corrected chi connectivity index (χ2v) is 4.78. The average Bonchev–Trinajstić information content (AvgIpc) is 2.31. The molecule has 2 atom stereocenters. The van der Waals surface area contributed by atoms with E-state index in [4.69, 9.17) is 5.73 Å². The van der Waals surface area contributed by atoms with Crippen LogP contribution in [0.1, 0.15) is 31.4 Å². The van der Waals surface area contributed by atoms with E-state index in [-0.39, 0.29) is 23.7 Å². The fourth-order valence-corrected chi connectivity index (χ4v) is 2.45. The maximum Gasteiger partial charge on any atom is 0.123 e. The first kappa shape index (κ1) is 12.3. The average molecular weight is 238 g/mol. The molecule has 0 saturated carbocycles. The van der Waals surface area contributed by atoms with Crippen LogP contribution in [0.3, 0.4) is 0 Å². The van der Waals surface area contributed by atoms with Gasteiger partial charge >= 0.3 is 0 Å². The molecule has 0 aromatic heterocycles. The highest BCUT2D eigenvalue weighted by molar-refractivity contribution is 5.35. The van der Waals surface area contributed by atoms with Crippen molar-refractivity contribution in [2.45, 2.75) is 31.8 Å². The van der Waals surface area contributed by atoms with E-state index in [2.05, 4.69) is 4.90 Å². The predicted molar refractivity (Wildman–Crippen MR) is 65.3 cm³/mol. The summed E-state index contributed by atoms with van der Waals surface area (Å²) < 4.78 is 13.2. The Hall–Kier alpha value is -1.13. The van der Waals surface area contributed by atoms with Crippen LogP contribution >= 0.6 is 0 Å². The molecule has 2 rings (SSSR count). The second-order valence-electron chi connectivity index (χ2n) is 4.78. The van der Waals surface area contributed by atoms with Crippen molar-refractivity contribution in [3.05, 3.63) is 29.6 Å². The van der Waals surface area contributed by atoms with E-state index < -0.39 is 0 Å². The largest absolute Gasteiger partial charge is 0.508 e. The molecule has 17 heavy (non-hydrogen) atoms. The van der Waals surface area contributed by atoms with E-state index in [0.717, 1.165) is 25.9 Å². The molecular formula is C13H19FN2O. The lowest BCUT2D eigenvalue weighted by Crippen LogP contribution is -2.43. The number of nitrogens with zero attached hydrogens (tertiary/aromatic N) is 1. The van der Waals surface area contributed by atoms with Gasteiger partial charge in [-0.3, -0.25) is 4.90 Å². The minimum absolute atomic E-state index is 0.00273. The molecule has 0 bridgehead atoms. The van der Waals surface area contributed by atoms with Crippen LogP contribution < -0.4 is 5.73 Å². The van der Waals surface area contributed by atoms with Crippen molar-refractivity contribution in [2.75, 3.05) is 13.1 Å². The summed E-state index contributed by atoms with van der Waals surface area (Å²) in [5.74, 6) is -0.163. The maximum absolute atomic E-state index is 13.2. The molecule has 1 fully saturated rings. The molecule has 1 aromatic carbocycles. The summed E-state index contributed by atoms with van der Waals surface area (Å²) in [6.07, 6.45) is 2.10. The molecule has 3 N–H and O–H groups in total. The summed E-state index contributed by atoms with van der Waals surface area (Å²) in [6.45, 7) is 3.73. The number of aromatic hydroxyl groups is 1. The first-order valence-electron chi connectivity index (χ1n) is 6.06. The van der Waals surface area contributed by atoms with Gasteiger partial charge in [0, 0.05) is 24.2 Å². The zero-order chi connectivity index (χ0) is 12.4. The molecule has 1 aromatic rings. The third-order valence-electron chi connectivity index (χ3n) is 3.48. The van der Waals surface area contributed by atoms with Crippen LogP contribution in [-0.2, 0) is 0 Å². The highest BCUT2D eigenvalue weighted by atomic mass is 19.1. The fraction of sp³-hybridized carbons (Fsp3) is 0.538. The molecule has 0 aliphatic carbocycles. The second kappa shape index (κ2) is 5.02. The molecule has 3 nitrogen and oxygen atoms in total. The number of phenols is 1. The van der Waals surface area contributed by atoms with Crippen molar-refractivity contribution in [2.24, 2.45) is 5.73 Å². The van der Waals surface area contributed by atoms with E-state index >= 15 is 0 Å². The van der Waals surface area contributed by atoms with Crippen molar-refractivity contribution >= 4 is 0 Å². The maximum atomic E-state index is 13.2. The Kier molecular flexibility index (Phi) is 3.64. The first-order chi connectivity index (χ1) is 8.08. The van der Waals surface area contributed by atoms with Crippen LogP contribution in [0.25, 0.3) is 0 Å². The summed E-state index contributed by atoms with van der Waals surface area (Å²) in [6, 6.07) is 4.26. The van der Waals surface area contributed by atoms with Crippen molar-refractivity contribution in [1.82, 2.24) is 4.90 Å². The lowest BCUT2D eigenvalue weighted by molar-refractivity contribution is 0.157. The van der Waals surface area contributed by atoms with Gasteiger partial charge in [-0.1, -0.05) is 0 Å². The minimum Gasteiger partial charge on any atom is -0.508 e. The number of likely N-dealkylation sites (tertiary alicyclic amines) is 1. The molecule has 0 radical (unpaired) electrons. The number of rotatable bonds is 2. The molecule has 0 spiro atoms. The van der Waals surface area contributed by atoms with Crippen molar-refractivity contribution < 1.29 is 9.50 Å². The van der Waals surface area contributed by atoms with Gasteiger partial charge in [0.1, 0.15) is 11.6 Å². The molecule has 1 saturated heterocycles. The smallest absolute Gasteiger partial charge is 0.123 e. The van der Waals surface area contributed by atoms with Gasteiger partial charge in [-0.2, -0.15) is 0 Å². The Bertz CT molecular complexity index is 397. The number of benzene rings is 1. The van der Waals surface area contributed by atoms with Crippen molar-refractivity contribution in [3.8, 4) is 5.75 Å². The normalized spacial score (nSPS) is 23.6. The van der Waals surface area contributed by atoms with Gasteiger partial charge < -0.3 is 10.8 Å². The molecular weight excluding hydrogens is 219 g/mol. The molecule has 2 unspecified atom stereocenters. The zero-order valence-electron chi connectivity index (χ0n) is 10.1. The topological polar surface area (TPSA) is 49.5 Å². The number of hydrogen-bond donors (Lipinski definition) is 2. The van der Waals surface area contributed by atoms with Crippen LogP contribution in [-0.4, -0.2) is 29.1 Å². The molecule has 1 aliphatic heterocycles. The molecule has 1 heterocycles. The van der Waals surface area contributed by atoms with E-state index in [1.165, 1.54) is 18.2 Å². The third kappa shape index (κ3) is 2.76. The summed E-state index contributed by atoms with van der Waals surface area (Å²) >= 11 is 0. The Morgan fingerprint density at radius 3 is 3.00 bits per heavy atom. The summed E-state index contributed by atoms with van der Waals surface area (Å²) in [5.41, 5.74) is 6.57. The van der Waals surface area contributed by atoms with E-state index in [1.54, 1.807) is 0 Å². The van der Waals surface area contributed by atoms with E-state index in [1.807, 2.05) is 6.92 Å². The first-order valence-corrected chi connectivity index (χ1v) is 6.06. The lowest BCUT2D eigenvalue weighted by atomic mass is 10.0. The van der Waals surface area contributed by atoms with Crippen LogP contribution in [0.2, 0.25) is 0 Å². The molecule has 0 amide bonds. The highest BCUT2D eigenvalue weighted by Crippen LogP contribution is 2.30. The Balaban J connectivity index is 2.18. The molecule has 4 heteroatoms. The van der Waals surface area contributed by atoms with Crippen LogP contribution in [0.4, 0.5) is 4.39 Å². The molecule has 1 aliphatic rings. The monoisotopic (exact) mass is 238 g/mol. The van der Waals surface area contributed by atoms with Crippen LogP contribution in [0.15, 0.2) is 18.2 Å². The highest BCUT2D eigenvalue weighted by Gasteiger charge is 2.24. The van der Waals surface area contributed by atoms with Gasteiger partial charge in [0.05, 0.1) is 0 Å². The van der Waals surface area contributed by atoms with Gasteiger partial charge in [0.15, 0.2) is 0 Å². The minimum atomic E-state index is -0.314. The Labute approximate surface area is 101 Å². The standard InChI is InChI=1S/C13H19FN2O/c1-9(16-6-2-3-11(15)8-16)12-7-10(14)4-5-13(12)17/h4-5,7,9,11,17H,2-3,6,8,15H2,1H3. The fourth-order valence-electron chi connectivity index (χ4n) is 2.45. The number of nitrogens with two attached hydrogens (primary N) is 1. The van der Waals surface area contributed by atoms with Gasteiger partial charge in [-0.25, -0.2) is 4.39 Å². The number of halogens is 1. The Morgan fingerprint density at radius 1 is 1.53 bits per heavy atom. The van der Waals surface area contributed by atoms with Crippen molar-refractivity contribution in [1.29, 1.82) is 0 Å². The third-order valence-corrected chi connectivity index (χ3v) is 3.48. The predicted octanol–water partition coefficient (Wildman–Crippen LogP) is 2.02. The van der Waals surface area contributed by atoms with Crippen molar-refractivity contribution in [3.63, 3.8) is 0 Å². The van der Waals surface area contributed by atoms with Gasteiger partial charge in [0.2, 0.25) is 0 Å². The van der Waals surface area contributed by atoms with Crippen LogP contribution in [0, 0.1) is 5.82 Å². The zero-order valence-corrected chi connectivity index (χ0v) is 10.1. The summed E-state index contributed by atoms with van der Waals surface area (Å²) in [4.78, 5) is 2.20. The van der Waals surface area contributed by atoms with Gasteiger partial charge in [-0.05, 0) is 44.5 Å². The SMILES string of the molecule is CC(c1cc(F)ccc1O)N1CCCC(N)C1. The van der Waals surface area contributed by atoms with E-state index in [0.29, 0.717) is 5.56 Å².